The van der Waals surface area contributed by atoms with E-state index in [9.17, 15) is 5.11 Å². The van der Waals surface area contributed by atoms with Gasteiger partial charge in [0.2, 0.25) is 5.13 Å². The van der Waals surface area contributed by atoms with Crippen molar-refractivity contribution in [2.24, 2.45) is 0 Å². The Morgan fingerprint density at radius 2 is 2.00 bits per heavy atom. The van der Waals surface area contributed by atoms with Crippen LogP contribution in [-0.2, 0) is 0 Å². The van der Waals surface area contributed by atoms with Crippen LogP contribution >= 0.6 is 23.1 Å². The zero-order valence-corrected chi connectivity index (χ0v) is 12.5. The molecular formula is C13H17N3OS2. The molecule has 0 aliphatic heterocycles. The second kappa shape index (κ2) is 6.88. The number of nitrogens with zero attached hydrogens (tertiary/aromatic N) is 2. The highest BCUT2D eigenvalue weighted by Crippen LogP contribution is 2.29. The minimum absolute atomic E-state index is 0.348. The molecule has 0 radical (unpaired) electrons. The fourth-order valence-corrected chi connectivity index (χ4v) is 3.39. The molecule has 1 heterocycles. The maximum atomic E-state index is 10.1. The molecule has 2 rings (SSSR count). The molecule has 4 nitrogen and oxygen atoms in total. The first-order chi connectivity index (χ1) is 9.15. The highest BCUT2D eigenvalue weighted by atomic mass is 32.2. The van der Waals surface area contributed by atoms with E-state index < -0.39 is 6.10 Å². The van der Waals surface area contributed by atoms with Crippen molar-refractivity contribution in [3.8, 4) is 0 Å². The van der Waals surface area contributed by atoms with Gasteiger partial charge < -0.3 is 10.4 Å². The molecule has 0 bridgehead atoms. The van der Waals surface area contributed by atoms with Crippen LogP contribution < -0.4 is 5.32 Å². The van der Waals surface area contributed by atoms with Gasteiger partial charge in [-0.15, -0.1) is 10.2 Å². The first kappa shape index (κ1) is 14.3. The minimum Gasteiger partial charge on any atom is -0.388 e. The lowest BCUT2D eigenvalue weighted by Gasteiger charge is -2.08. The molecule has 0 spiro atoms. The predicted molar refractivity (Wildman–Crippen MR) is 80.8 cm³/mol. The third-order valence-corrected chi connectivity index (χ3v) is 4.43. The Labute approximate surface area is 121 Å². The van der Waals surface area contributed by atoms with E-state index in [4.69, 9.17) is 0 Å². The van der Waals surface area contributed by atoms with E-state index in [1.54, 1.807) is 0 Å². The summed E-state index contributed by atoms with van der Waals surface area (Å²) in [6, 6.07) is 10.0. The first-order valence-corrected chi connectivity index (χ1v) is 7.91. The van der Waals surface area contributed by atoms with Gasteiger partial charge in [-0.25, -0.2) is 0 Å². The van der Waals surface area contributed by atoms with Crippen LogP contribution in [0.4, 0.5) is 5.13 Å². The number of aromatic nitrogens is 2. The number of anilines is 1. The van der Waals surface area contributed by atoms with Gasteiger partial charge in [0.15, 0.2) is 4.34 Å². The Hall–Kier alpha value is -1.11. The summed E-state index contributed by atoms with van der Waals surface area (Å²) in [5, 5.41) is 22.2. The van der Waals surface area contributed by atoms with Crippen LogP contribution in [0.25, 0.3) is 0 Å². The van der Waals surface area contributed by atoms with Crippen LogP contribution in [0.3, 0.4) is 0 Å². The summed E-state index contributed by atoms with van der Waals surface area (Å²) in [6.07, 6.45) is -0.475. The molecular weight excluding hydrogens is 278 g/mol. The van der Waals surface area contributed by atoms with Crippen molar-refractivity contribution in [1.82, 2.24) is 10.2 Å². The smallest absolute Gasteiger partial charge is 0.206 e. The fraction of sp³-hybridized carbons (Fsp3) is 0.385. The Bertz CT molecular complexity index is 502. The van der Waals surface area contributed by atoms with Gasteiger partial charge >= 0.3 is 0 Å². The number of benzene rings is 1. The molecule has 0 saturated carbocycles. The normalized spacial score (nSPS) is 12.6. The van der Waals surface area contributed by atoms with Gasteiger partial charge in [0.1, 0.15) is 0 Å². The molecule has 0 aliphatic carbocycles. The summed E-state index contributed by atoms with van der Waals surface area (Å²) >= 11 is 3.04. The van der Waals surface area contributed by atoms with Crippen molar-refractivity contribution in [3.05, 3.63) is 35.9 Å². The average molecular weight is 295 g/mol. The zero-order valence-electron chi connectivity index (χ0n) is 10.9. The molecule has 0 aliphatic rings. The Morgan fingerprint density at radius 3 is 2.68 bits per heavy atom. The maximum Gasteiger partial charge on any atom is 0.206 e. The summed E-state index contributed by atoms with van der Waals surface area (Å²) in [5.74, 6) is 0.584. The largest absolute Gasteiger partial charge is 0.388 e. The van der Waals surface area contributed by atoms with E-state index in [0.29, 0.717) is 11.8 Å². The molecule has 0 fully saturated rings. The van der Waals surface area contributed by atoms with E-state index >= 15 is 0 Å². The quantitative estimate of drug-likeness (QED) is 0.802. The van der Waals surface area contributed by atoms with Crippen LogP contribution in [0.2, 0.25) is 0 Å². The van der Waals surface area contributed by atoms with Gasteiger partial charge in [0.25, 0.3) is 0 Å². The monoisotopic (exact) mass is 295 g/mol. The summed E-state index contributed by atoms with van der Waals surface area (Å²) in [4.78, 5) is 0. The fourth-order valence-electron chi connectivity index (χ4n) is 1.50. The lowest BCUT2D eigenvalue weighted by atomic mass is 10.1. The second-order valence-electron chi connectivity index (χ2n) is 4.41. The van der Waals surface area contributed by atoms with Crippen molar-refractivity contribution < 1.29 is 5.11 Å². The van der Waals surface area contributed by atoms with Crippen LogP contribution in [-0.4, -0.2) is 27.1 Å². The van der Waals surface area contributed by atoms with E-state index in [0.717, 1.165) is 15.0 Å². The van der Waals surface area contributed by atoms with Gasteiger partial charge in [-0.2, -0.15) is 0 Å². The van der Waals surface area contributed by atoms with Crippen LogP contribution in [0.15, 0.2) is 34.7 Å². The molecule has 6 heteroatoms. The maximum absolute atomic E-state index is 10.1. The first-order valence-electron chi connectivity index (χ1n) is 6.11. The number of aliphatic hydroxyl groups is 1. The third kappa shape index (κ3) is 4.49. The van der Waals surface area contributed by atoms with Crippen molar-refractivity contribution in [2.45, 2.75) is 30.3 Å². The van der Waals surface area contributed by atoms with Gasteiger partial charge in [0, 0.05) is 11.8 Å². The highest BCUT2D eigenvalue weighted by Gasteiger charge is 2.10. The number of hydrogen-bond acceptors (Lipinski definition) is 6. The van der Waals surface area contributed by atoms with Gasteiger partial charge in [0.05, 0.1) is 6.10 Å². The Morgan fingerprint density at radius 1 is 1.26 bits per heavy atom. The summed E-state index contributed by atoms with van der Waals surface area (Å²) in [6.45, 7) is 4.13. The van der Waals surface area contributed by atoms with Crippen LogP contribution in [0.5, 0.6) is 0 Å². The molecule has 0 amide bonds. The highest BCUT2D eigenvalue weighted by molar-refractivity contribution is 8.01. The second-order valence-corrected chi connectivity index (χ2v) is 6.65. The molecule has 1 aromatic heterocycles. The van der Waals surface area contributed by atoms with Gasteiger partial charge in [-0.05, 0) is 19.4 Å². The molecule has 1 atom stereocenters. The Kier molecular flexibility index (Phi) is 5.18. The lowest BCUT2D eigenvalue weighted by molar-refractivity contribution is 0.204. The number of aliphatic hydroxyl groups excluding tert-OH is 1. The van der Waals surface area contributed by atoms with Crippen LogP contribution in [0.1, 0.15) is 25.5 Å². The van der Waals surface area contributed by atoms with E-state index in [-0.39, 0.29) is 0 Å². The number of thioether (sulfide) groups is 1. The lowest BCUT2D eigenvalue weighted by Crippen LogP contribution is -2.08. The van der Waals surface area contributed by atoms with Crippen LogP contribution in [0, 0.1) is 0 Å². The Balaban J connectivity index is 1.87. The SMILES string of the molecule is CC(C)Nc1nnc(SCC(O)c2ccccc2)s1. The molecule has 1 unspecified atom stereocenters. The molecule has 2 N–H and O–H groups in total. The van der Waals surface area contributed by atoms with E-state index in [1.807, 2.05) is 30.3 Å². The molecule has 19 heavy (non-hydrogen) atoms. The topological polar surface area (TPSA) is 58.0 Å². The molecule has 0 saturated heterocycles. The van der Waals surface area contributed by atoms with Gasteiger partial charge in [-0.1, -0.05) is 53.4 Å². The molecule has 102 valence electrons. The van der Waals surface area contributed by atoms with E-state index in [2.05, 4.69) is 29.4 Å². The summed E-state index contributed by atoms with van der Waals surface area (Å²) in [5.41, 5.74) is 0.931. The van der Waals surface area contributed by atoms with E-state index in [1.165, 1.54) is 23.1 Å². The minimum atomic E-state index is -0.475. The number of nitrogens with one attached hydrogen (secondary N) is 1. The third-order valence-electron chi connectivity index (χ3n) is 2.37. The standard InChI is InChI=1S/C13H17N3OS2/c1-9(2)14-12-15-16-13(19-12)18-8-11(17)10-6-4-3-5-7-10/h3-7,9,11,17H,8H2,1-2H3,(H,14,15). The van der Waals surface area contributed by atoms with Crippen molar-refractivity contribution in [2.75, 3.05) is 11.1 Å². The number of hydrogen-bond donors (Lipinski definition) is 2. The van der Waals surface area contributed by atoms with Crippen molar-refractivity contribution in [1.29, 1.82) is 0 Å². The zero-order chi connectivity index (χ0) is 13.7. The summed E-state index contributed by atoms with van der Waals surface area (Å²) < 4.78 is 0.873. The average Bonchev–Trinajstić information content (AvgIpc) is 2.84. The molecule has 1 aromatic carbocycles. The number of rotatable bonds is 6. The van der Waals surface area contributed by atoms with Crippen molar-refractivity contribution >= 4 is 28.2 Å². The molecule has 2 aromatic rings. The predicted octanol–water partition coefficient (Wildman–Crippen LogP) is 3.18. The summed E-state index contributed by atoms with van der Waals surface area (Å²) in [7, 11) is 0. The van der Waals surface area contributed by atoms with Gasteiger partial charge in [-0.3, -0.25) is 0 Å². The van der Waals surface area contributed by atoms with Crippen molar-refractivity contribution in [3.63, 3.8) is 0 Å².